The third-order valence-corrected chi connectivity index (χ3v) is 5.29. The summed E-state index contributed by atoms with van der Waals surface area (Å²) in [6, 6.07) is 11.1. The van der Waals surface area contributed by atoms with E-state index in [1.54, 1.807) is 0 Å². The zero-order valence-electron chi connectivity index (χ0n) is 15.2. The maximum Gasteiger partial charge on any atom is 0.323 e. The molecular formula is C20H31NO2. The van der Waals surface area contributed by atoms with Crippen LogP contribution in [0.2, 0.25) is 0 Å². The van der Waals surface area contributed by atoms with Crippen LogP contribution in [0.1, 0.15) is 46.1 Å². The van der Waals surface area contributed by atoms with Gasteiger partial charge < -0.3 is 4.74 Å². The van der Waals surface area contributed by atoms with Gasteiger partial charge in [0.25, 0.3) is 0 Å². The average Bonchev–Trinajstić information content (AvgIpc) is 3.26. The number of methoxy groups -OCH3 is 1. The van der Waals surface area contributed by atoms with Gasteiger partial charge in [0.2, 0.25) is 0 Å². The van der Waals surface area contributed by atoms with Crippen LogP contribution in [0.15, 0.2) is 30.3 Å². The highest BCUT2D eigenvalue weighted by molar-refractivity contribution is 5.77. The summed E-state index contributed by atoms with van der Waals surface area (Å²) in [6.45, 7) is 8.88. The number of benzene rings is 1. The Morgan fingerprint density at radius 2 is 1.70 bits per heavy atom. The van der Waals surface area contributed by atoms with Gasteiger partial charge in [0.15, 0.2) is 0 Å². The fourth-order valence-corrected chi connectivity index (χ4v) is 4.44. The van der Waals surface area contributed by atoms with Crippen LogP contribution in [-0.2, 0) is 16.1 Å². The first kappa shape index (κ1) is 18.0. The summed E-state index contributed by atoms with van der Waals surface area (Å²) in [5, 5.41) is 0. The van der Waals surface area contributed by atoms with E-state index in [1.165, 1.54) is 25.5 Å². The molecule has 128 valence electrons. The number of carbonyl (C=O) groups is 1. The van der Waals surface area contributed by atoms with Gasteiger partial charge in [-0.25, -0.2) is 0 Å². The monoisotopic (exact) mass is 317 g/mol. The van der Waals surface area contributed by atoms with Crippen molar-refractivity contribution in [1.82, 2.24) is 4.90 Å². The van der Waals surface area contributed by atoms with E-state index in [4.69, 9.17) is 4.74 Å². The zero-order valence-corrected chi connectivity index (χ0v) is 15.2. The molecule has 0 aromatic heterocycles. The maximum atomic E-state index is 12.1. The zero-order chi connectivity index (χ0) is 17.0. The Morgan fingerprint density at radius 1 is 1.04 bits per heavy atom. The number of carbonyl (C=O) groups excluding carboxylic acids is 1. The SMILES string of the molecule is CC.CC.COC(=O)C1C2CC(C3CC32)N1Cc1ccccc1. The van der Waals surface area contributed by atoms with Crippen molar-refractivity contribution >= 4 is 5.97 Å². The fourth-order valence-electron chi connectivity index (χ4n) is 4.44. The van der Waals surface area contributed by atoms with Crippen LogP contribution in [0.25, 0.3) is 0 Å². The highest BCUT2D eigenvalue weighted by atomic mass is 16.5. The summed E-state index contributed by atoms with van der Waals surface area (Å²) in [6.07, 6.45) is 2.52. The molecule has 1 aromatic rings. The molecule has 2 aliphatic carbocycles. The number of esters is 1. The van der Waals surface area contributed by atoms with E-state index < -0.39 is 0 Å². The van der Waals surface area contributed by atoms with Crippen LogP contribution >= 0.6 is 0 Å². The van der Waals surface area contributed by atoms with Crippen LogP contribution in [0.5, 0.6) is 0 Å². The molecule has 1 saturated heterocycles. The number of ether oxygens (including phenoxy) is 1. The average molecular weight is 317 g/mol. The van der Waals surface area contributed by atoms with E-state index in [-0.39, 0.29) is 12.0 Å². The Labute approximate surface area is 141 Å². The molecular weight excluding hydrogens is 286 g/mol. The van der Waals surface area contributed by atoms with Gasteiger partial charge in [0, 0.05) is 12.6 Å². The van der Waals surface area contributed by atoms with Gasteiger partial charge in [-0.2, -0.15) is 0 Å². The first-order valence-electron chi connectivity index (χ1n) is 9.17. The molecule has 5 atom stereocenters. The van der Waals surface area contributed by atoms with Crippen LogP contribution < -0.4 is 0 Å². The van der Waals surface area contributed by atoms with Crippen molar-refractivity contribution in [3.05, 3.63) is 35.9 Å². The van der Waals surface area contributed by atoms with Crippen LogP contribution in [0, 0.1) is 17.8 Å². The minimum Gasteiger partial charge on any atom is -0.468 e. The first-order valence-corrected chi connectivity index (χ1v) is 9.17. The summed E-state index contributed by atoms with van der Waals surface area (Å²) in [7, 11) is 1.51. The minimum atomic E-state index is -0.0335. The number of likely N-dealkylation sites (tertiary alicyclic amines) is 1. The number of piperidine rings is 1. The molecule has 0 N–H and O–H groups in total. The van der Waals surface area contributed by atoms with Crippen LogP contribution in [0.3, 0.4) is 0 Å². The number of hydrogen-bond donors (Lipinski definition) is 0. The maximum absolute atomic E-state index is 12.1. The van der Waals surface area contributed by atoms with Gasteiger partial charge in [-0.3, -0.25) is 9.69 Å². The standard InChI is InChI=1S/C16H19NO2.2C2H6/c1-19-16(18)15-13-8-14(12-7-11(12)13)17(15)9-10-5-3-2-4-6-10;2*1-2/h2-6,11-15H,7-9H2,1H3;2*1-2H3. The van der Waals surface area contributed by atoms with E-state index in [0.29, 0.717) is 12.0 Å². The van der Waals surface area contributed by atoms with Crippen molar-refractivity contribution in [3.8, 4) is 0 Å². The van der Waals surface area contributed by atoms with E-state index in [2.05, 4.69) is 29.2 Å². The van der Waals surface area contributed by atoms with E-state index in [9.17, 15) is 4.79 Å². The molecule has 5 unspecified atom stereocenters. The molecule has 0 spiro atoms. The minimum absolute atomic E-state index is 0.000967. The molecule has 3 nitrogen and oxygen atoms in total. The van der Waals surface area contributed by atoms with E-state index in [0.717, 1.165) is 18.4 Å². The van der Waals surface area contributed by atoms with Gasteiger partial charge in [0.1, 0.15) is 6.04 Å². The largest absolute Gasteiger partial charge is 0.468 e. The fraction of sp³-hybridized carbons (Fsp3) is 0.650. The second kappa shape index (κ2) is 7.96. The van der Waals surface area contributed by atoms with E-state index >= 15 is 0 Å². The lowest BCUT2D eigenvalue weighted by atomic mass is 9.96. The molecule has 4 rings (SSSR count). The number of hydrogen-bond acceptors (Lipinski definition) is 3. The van der Waals surface area contributed by atoms with Crippen molar-refractivity contribution in [1.29, 1.82) is 0 Å². The predicted octanol–water partition coefficient (Wildman–Crippen LogP) is 4.12. The van der Waals surface area contributed by atoms with Gasteiger partial charge >= 0.3 is 5.97 Å². The third kappa shape index (κ3) is 3.30. The lowest BCUT2D eigenvalue weighted by Gasteiger charge is -2.33. The van der Waals surface area contributed by atoms with Crippen LogP contribution in [0.4, 0.5) is 0 Å². The quantitative estimate of drug-likeness (QED) is 0.785. The van der Waals surface area contributed by atoms with Crippen molar-refractivity contribution < 1.29 is 9.53 Å². The summed E-state index contributed by atoms with van der Waals surface area (Å²) < 4.78 is 5.04. The van der Waals surface area contributed by atoms with E-state index in [1.807, 2.05) is 33.8 Å². The molecule has 3 heteroatoms. The molecule has 3 fully saturated rings. The normalized spacial score (nSPS) is 32.8. The van der Waals surface area contributed by atoms with Crippen molar-refractivity contribution in [2.75, 3.05) is 7.11 Å². The highest BCUT2D eigenvalue weighted by Gasteiger charge is 2.66. The second-order valence-electron chi connectivity index (χ2n) is 6.16. The van der Waals surface area contributed by atoms with Gasteiger partial charge in [-0.15, -0.1) is 0 Å². The lowest BCUT2D eigenvalue weighted by Crippen LogP contribution is -2.46. The molecule has 2 bridgehead atoms. The molecule has 1 heterocycles. The molecule has 1 aromatic carbocycles. The Balaban J connectivity index is 0.000000448. The topological polar surface area (TPSA) is 29.5 Å². The summed E-state index contributed by atoms with van der Waals surface area (Å²) in [5.41, 5.74) is 1.29. The molecule has 0 radical (unpaired) electrons. The first-order chi connectivity index (χ1) is 11.3. The summed E-state index contributed by atoms with van der Waals surface area (Å²) in [4.78, 5) is 14.5. The number of nitrogens with zero attached hydrogens (tertiary/aromatic N) is 1. The Bertz CT molecular complexity index is 502. The molecule has 0 amide bonds. The molecule has 1 aliphatic heterocycles. The smallest absolute Gasteiger partial charge is 0.323 e. The Morgan fingerprint density at radius 3 is 2.30 bits per heavy atom. The molecule has 3 aliphatic rings. The number of rotatable bonds is 3. The number of fused-ring (bicyclic) bond motifs is 5. The third-order valence-electron chi connectivity index (χ3n) is 5.29. The van der Waals surface area contributed by atoms with Crippen molar-refractivity contribution in [2.45, 2.75) is 59.2 Å². The van der Waals surface area contributed by atoms with Gasteiger partial charge in [-0.1, -0.05) is 58.0 Å². The summed E-state index contributed by atoms with van der Waals surface area (Å²) >= 11 is 0. The van der Waals surface area contributed by atoms with Gasteiger partial charge in [0.05, 0.1) is 7.11 Å². The predicted molar refractivity (Wildman–Crippen MR) is 94.0 cm³/mol. The van der Waals surface area contributed by atoms with Crippen molar-refractivity contribution in [3.63, 3.8) is 0 Å². The molecule has 2 saturated carbocycles. The van der Waals surface area contributed by atoms with Gasteiger partial charge in [-0.05, 0) is 36.2 Å². The molecule has 23 heavy (non-hydrogen) atoms. The Hall–Kier alpha value is -1.35. The second-order valence-corrected chi connectivity index (χ2v) is 6.16. The van der Waals surface area contributed by atoms with Crippen molar-refractivity contribution in [2.24, 2.45) is 17.8 Å². The lowest BCUT2D eigenvalue weighted by molar-refractivity contribution is -0.149. The summed E-state index contributed by atoms with van der Waals surface area (Å²) in [5.74, 6) is 2.18. The van der Waals surface area contributed by atoms with Crippen LogP contribution in [-0.4, -0.2) is 30.1 Å². The highest BCUT2D eigenvalue weighted by Crippen LogP contribution is 2.63. The Kier molecular flexibility index (Phi) is 6.23.